The summed E-state index contributed by atoms with van der Waals surface area (Å²) >= 11 is 0. The van der Waals surface area contributed by atoms with Crippen molar-refractivity contribution in [3.8, 4) is 5.75 Å². The van der Waals surface area contributed by atoms with Gasteiger partial charge in [0.05, 0.1) is 18.5 Å². The standard InChI is InChI=1S/C54H68N3O6P/c1-33-14-10-12-16-41(33)48(42-17-13-11-15-34(42)2)51(61)63-49-35(3)28-38(29-36(49)4)50(60)56-32-64(9)62-27-26-52(5,6)57-46(59)21-18-37-30-39-31-40(55)22-24-53(39,7)44-23-25-54(8)43(47(37)44)19-20-45(54)58/h10-17,28-29,31,37,43-44,47,55H,1,18-27,30,32H2,2-9H3,(H,56,60)(H,57,59)/b48-41+,55-40?/t37-,43?,44?,47?,53?,54?,64?/m1/s1. The van der Waals surface area contributed by atoms with Crippen LogP contribution in [0.2, 0.25) is 0 Å². The summed E-state index contributed by atoms with van der Waals surface area (Å²) in [6.45, 7) is 20.9. The molecule has 2 amide bonds. The lowest BCUT2D eigenvalue weighted by molar-refractivity contribution is -0.135. The number of allylic oxidation sites excluding steroid dienone is 2. The average Bonchev–Trinajstić information content (AvgIpc) is 3.55. The Bertz CT molecular complexity index is 2470. The summed E-state index contributed by atoms with van der Waals surface area (Å²) in [5.41, 5.74) is 5.43. The fourth-order valence-electron chi connectivity index (χ4n) is 11.8. The maximum absolute atomic E-state index is 13.9. The lowest BCUT2D eigenvalue weighted by atomic mass is 9.44. The first-order valence-corrected chi connectivity index (χ1v) is 25.1. The van der Waals surface area contributed by atoms with Crippen molar-refractivity contribution in [3.63, 3.8) is 0 Å². The second kappa shape index (κ2) is 19.0. The molecule has 3 saturated carbocycles. The first kappa shape index (κ1) is 47.2. The molecule has 340 valence electrons. The fraction of sp³-hybridized carbons (Fsp3) is 0.500. The summed E-state index contributed by atoms with van der Waals surface area (Å²) < 4.78 is 12.3. The Labute approximate surface area is 381 Å². The van der Waals surface area contributed by atoms with Crippen LogP contribution in [-0.2, 0) is 18.9 Å². The average molecular weight is 886 g/mol. The number of benzene rings is 3. The smallest absolute Gasteiger partial charge is 0.344 e. The van der Waals surface area contributed by atoms with E-state index in [9.17, 15) is 19.2 Å². The van der Waals surface area contributed by atoms with E-state index in [0.29, 0.717) is 94.8 Å². The topological polar surface area (TPSA) is 135 Å². The van der Waals surface area contributed by atoms with Crippen molar-refractivity contribution in [1.82, 2.24) is 10.6 Å². The van der Waals surface area contributed by atoms with Crippen LogP contribution in [0, 0.1) is 60.7 Å². The Morgan fingerprint density at radius 1 is 0.922 bits per heavy atom. The first-order chi connectivity index (χ1) is 30.3. The van der Waals surface area contributed by atoms with Gasteiger partial charge >= 0.3 is 5.97 Å². The van der Waals surface area contributed by atoms with Gasteiger partial charge in [-0.2, -0.15) is 0 Å². The van der Waals surface area contributed by atoms with Gasteiger partial charge in [0.1, 0.15) is 11.5 Å². The summed E-state index contributed by atoms with van der Waals surface area (Å²) in [7, 11) is -0.983. The highest BCUT2D eigenvalue weighted by molar-refractivity contribution is 7.51. The molecule has 4 aliphatic rings. The quantitative estimate of drug-likeness (QED) is 0.0840. The SMILES string of the molecule is C=c1cccc/c1=C(\C(=O)Oc1c(C)cc(C(=O)NCP(C)OCCC(C)(C)NC(=O)CC[C@@H]2CC3=CC(=N)CCC3(C)C3CCC4(C)C(=O)CCC4C32)cc1C)c1ccccc1C. The van der Waals surface area contributed by atoms with Gasteiger partial charge in [-0.05, 0) is 173 Å². The Morgan fingerprint density at radius 2 is 1.61 bits per heavy atom. The number of amides is 2. The predicted octanol–water partition coefficient (Wildman–Crippen LogP) is 9.40. The van der Waals surface area contributed by atoms with Crippen molar-refractivity contribution in [2.24, 2.45) is 34.5 Å². The van der Waals surface area contributed by atoms with Gasteiger partial charge in [0.2, 0.25) is 5.91 Å². The molecular weight excluding hydrogens is 818 g/mol. The third kappa shape index (κ3) is 9.77. The molecule has 7 atom stereocenters. The molecule has 0 heterocycles. The van der Waals surface area contributed by atoms with Gasteiger partial charge in [-0.25, -0.2) is 4.79 Å². The molecular formula is C54H68N3O6P. The Hall–Kier alpha value is -4.72. The van der Waals surface area contributed by atoms with Gasteiger partial charge in [0.25, 0.3) is 5.91 Å². The Morgan fingerprint density at radius 3 is 2.33 bits per heavy atom. The Balaban J connectivity index is 0.900. The zero-order valence-corrected chi connectivity index (χ0v) is 40.1. The molecule has 3 fully saturated rings. The molecule has 6 unspecified atom stereocenters. The summed E-state index contributed by atoms with van der Waals surface area (Å²) in [5.74, 6) is 1.78. The molecule has 9 nitrogen and oxygen atoms in total. The molecule has 3 aromatic carbocycles. The second-order valence-electron chi connectivity index (χ2n) is 20.3. The molecule has 7 rings (SSSR count). The van der Waals surface area contributed by atoms with E-state index in [2.05, 4.69) is 37.1 Å². The molecule has 0 aliphatic heterocycles. The third-order valence-corrected chi connectivity index (χ3v) is 16.7. The normalized spacial score (nSPS) is 26.2. The molecule has 0 spiro atoms. The third-order valence-electron chi connectivity index (χ3n) is 15.4. The summed E-state index contributed by atoms with van der Waals surface area (Å²) in [4.78, 5) is 54.1. The van der Waals surface area contributed by atoms with Crippen LogP contribution in [0.15, 0.2) is 72.3 Å². The van der Waals surface area contributed by atoms with Crippen LogP contribution in [0.3, 0.4) is 0 Å². The van der Waals surface area contributed by atoms with Crippen LogP contribution in [0.5, 0.6) is 5.75 Å². The highest BCUT2D eigenvalue weighted by atomic mass is 31.1. The van der Waals surface area contributed by atoms with E-state index < -0.39 is 19.7 Å². The number of carbonyl (C=O) groups is 4. The highest BCUT2D eigenvalue weighted by Crippen LogP contribution is 2.66. The van der Waals surface area contributed by atoms with E-state index in [4.69, 9.17) is 14.7 Å². The number of rotatable bonds is 14. The van der Waals surface area contributed by atoms with Crippen molar-refractivity contribution in [1.29, 1.82) is 5.41 Å². The van der Waals surface area contributed by atoms with E-state index in [0.717, 1.165) is 67.0 Å². The van der Waals surface area contributed by atoms with Gasteiger partial charge in [-0.15, -0.1) is 0 Å². The van der Waals surface area contributed by atoms with Gasteiger partial charge in [-0.3, -0.25) is 14.4 Å². The number of hydrogen-bond acceptors (Lipinski definition) is 7. The summed E-state index contributed by atoms with van der Waals surface area (Å²) in [5, 5.41) is 16.2. The highest BCUT2D eigenvalue weighted by Gasteiger charge is 2.61. The van der Waals surface area contributed by atoms with Crippen molar-refractivity contribution in [2.75, 3.05) is 19.6 Å². The molecule has 3 N–H and O–H groups in total. The molecule has 0 radical (unpaired) electrons. The second-order valence-corrected chi connectivity index (χ2v) is 22.1. The molecule has 0 aromatic heterocycles. The van der Waals surface area contributed by atoms with Crippen molar-refractivity contribution in [2.45, 2.75) is 118 Å². The number of ketones is 1. The maximum atomic E-state index is 13.9. The van der Waals surface area contributed by atoms with E-state index in [1.54, 1.807) is 12.1 Å². The molecule has 0 bridgehead atoms. The van der Waals surface area contributed by atoms with Crippen LogP contribution in [0.4, 0.5) is 0 Å². The minimum absolute atomic E-state index is 0.0344. The molecule has 3 aromatic rings. The number of esters is 1. The predicted molar refractivity (Wildman–Crippen MR) is 257 cm³/mol. The van der Waals surface area contributed by atoms with Gasteiger partial charge in [0.15, 0.2) is 0 Å². The van der Waals surface area contributed by atoms with Crippen LogP contribution >= 0.6 is 8.15 Å². The maximum Gasteiger partial charge on any atom is 0.344 e. The largest absolute Gasteiger partial charge is 0.422 e. The number of nitrogens with one attached hydrogen (secondary N) is 3. The minimum Gasteiger partial charge on any atom is -0.422 e. The van der Waals surface area contributed by atoms with E-state index in [1.807, 2.05) is 89.8 Å². The van der Waals surface area contributed by atoms with Gasteiger partial charge in [-0.1, -0.05) is 74.5 Å². The molecule has 64 heavy (non-hydrogen) atoms. The zero-order valence-electron chi connectivity index (χ0n) is 39.2. The van der Waals surface area contributed by atoms with Crippen molar-refractivity contribution in [3.05, 3.63) is 111 Å². The minimum atomic E-state index is -0.983. The molecule has 4 aliphatic carbocycles. The fourth-order valence-corrected chi connectivity index (χ4v) is 12.6. The Kier molecular flexibility index (Phi) is 14.0. The number of carbonyl (C=O) groups excluding carboxylic acids is 4. The molecule has 10 heteroatoms. The van der Waals surface area contributed by atoms with Crippen LogP contribution in [0.1, 0.15) is 125 Å². The molecule has 0 saturated heterocycles. The van der Waals surface area contributed by atoms with Crippen LogP contribution in [0.25, 0.3) is 12.2 Å². The van der Waals surface area contributed by atoms with Gasteiger partial charge < -0.3 is 25.3 Å². The van der Waals surface area contributed by atoms with Crippen molar-refractivity contribution < 1.29 is 28.4 Å². The number of hydrogen-bond donors (Lipinski definition) is 3. The number of aryl methyl sites for hydroxylation is 3. The lowest BCUT2D eigenvalue weighted by Crippen LogP contribution is -2.54. The van der Waals surface area contributed by atoms with Gasteiger partial charge in [0, 0.05) is 43.2 Å². The van der Waals surface area contributed by atoms with E-state index in [-0.39, 0.29) is 22.6 Å². The number of fused-ring (bicyclic) bond motifs is 5. The monoisotopic (exact) mass is 885 g/mol. The van der Waals surface area contributed by atoms with E-state index >= 15 is 0 Å². The first-order valence-electron chi connectivity index (χ1n) is 23.2. The van der Waals surface area contributed by atoms with E-state index in [1.165, 1.54) is 5.57 Å². The number of ether oxygens (including phenoxy) is 1. The van der Waals surface area contributed by atoms with Crippen molar-refractivity contribution >= 4 is 49.6 Å². The zero-order chi connectivity index (χ0) is 46.1. The van der Waals surface area contributed by atoms with Crippen LogP contribution < -0.4 is 25.8 Å². The summed E-state index contributed by atoms with van der Waals surface area (Å²) in [6, 6.07) is 18.7. The summed E-state index contributed by atoms with van der Waals surface area (Å²) in [6.07, 6.45) is 10.8. The van der Waals surface area contributed by atoms with Crippen LogP contribution in [-0.4, -0.2) is 54.4 Å². The number of Topliss-reactive ketones (excluding diaryl/α,β-unsaturated/α-hetero) is 1. The lowest BCUT2D eigenvalue weighted by Gasteiger charge is -2.59.